The summed E-state index contributed by atoms with van der Waals surface area (Å²) in [4.78, 5) is 23.7. The number of carbonyl (C=O) groups excluding carboxylic acids is 1. The summed E-state index contributed by atoms with van der Waals surface area (Å²) >= 11 is 0. The molecule has 0 unspecified atom stereocenters. The van der Waals surface area contributed by atoms with Gasteiger partial charge in [-0.2, -0.15) is 0 Å². The van der Waals surface area contributed by atoms with E-state index < -0.39 is 84.7 Å². The standard InChI is InChI=1S/C22H22N4O2/c27-22-21-19(23-9-7-20(21)25-11-13-28-14-12-25)15-26(22)10-8-17-6-5-16-3-1-2-4-18(16)24-17/h1-7,9H,8,10-15H2/i1D,2D,3D,4D,5D,6D,7D,8D2,9D,15D2. The number of aromatic nitrogens is 2. The van der Waals surface area contributed by atoms with Crippen LogP contribution in [0.3, 0.4) is 0 Å². The van der Waals surface area contributed by atoms with Crippen LogP contribution < -0.4 is 4.90 Å². The fourth-order valence-corrected chi connectivity index (χ4v) is 3.08. The molecule has 0 saturated carbocycles. The first-order valence-corrected chi connectivity index (χ1v) is 8.65. The Labute approximate surface area is 180 Å². The third kappa shape index (κ3) is 3.10. The number of carbonyl (C=O) groups is 1. The zero-order chi connectivity index (χ0) is 29.5. The largest absolute Gasteiger partial charge is 0.378 e. The third-order valence-electron chi connectivity index (χ3n) is 4.44. The van der Waals surface area contributed by atoms with E-state index in [2.05, 4.69) is 9.97 Å². The number of fused-ring (bicyclic) bond motifs is 2. The molecule has 0 aliphatic carbocycles. The molecule has 4 heterocycles. The molecule has 0 N–H and O–H groups in total. The van der Waals surface area contributed by atoms with E-state index in [4.69, 9.17) is 21.2 Å². The van der Waals surface area contributed by atoms with Gasteiger partial charge in [0.1, 0.15) is 0 Å². The van der Waals surface area contributed by atoms with Gasteiger partial charge in [0, 0.05) is 46.0 Å². The van der Waals surface area contributed by atoms with Gasteiger partial charge in [0.25, 0.3) is 5.91 Å². The Balaban J connectivity index is 1.62. The van der Waals surface area contributed by atoms with Crippen molar-refractivity contribution >= 4 is 22.5 Å². The molecule has 0 bridgehead atoms. The summed E-state index contributed by atoms with van der Waals surface area (Å²) in [5.41, 5.74) is -1.85. The number of hydrogen-bond acceptors (Lipinski definition) is 5. The predicted molar refractivity (Wildman–Crippen MR) is 107 cm³/mol. The average Bonchev–Trinajstić information content (AvgIpc) is 3.08. The number of anilines is 1. The monoisotopic (exact) mass is 386 g/mol. The lowest BCUT2D eigenvalue weighted by molar-refractivity contribution is 0.0779. The summed E-state index contributed by atoms with van der Waals surface area (Å²) in [5, 5.41) is -0.360. The summed E-state index contributed by atoms with van der Waals surface area (Å²) in [6.07, 6.45) is -3.32. The van der Waals surface area contributed by atoms with Gasteiger partial charge in [-0.15, -0.1) is 0 Å². The van der Waals surface area contributed by atoms with Crippen molar-refractivity contribution in [1.29, 1.82) is 0 Å². The predicted octanol–water partition coefficient (Wildman–Crippen LogP) is 2.66. The fourth-order valence-electron chi connectivity index (χ4n) is 3.08. The Kier molecular flexibility index (Phi) is 2.21. The maximum absolute atomic E-state index is 13.7. The Hall–Kier alpha value is -2.99. The molecule has 6 nitrogen and oxygen atoms in total. The topological polar surface area (TPSA) is 58.6 Å². The van der Waals surface area contributed by atoms with Gasteiger partial charge in [-0.1, -0.05) is 24.2 Å². The first kappa shape index (κ1) is 8.57. The van der Waals surface area contributed by atoms with Crippen molar-refractivity contribution < 1.29 is 26.0 Å². The zero-order valence-electron chi connectivity index (χ0n) is 26.6. The lowest BCUT2D eigenvalue weighted by Crippen LogP contribution is -2.37. The van der Waals surface area contributed by atoms with Gasteiger partial charge >= 0.3 is 0 Å². The molecule has 142 valence electrons. The Bertz CT molecular complexity index is 1590. The SMILES string of the molecule is [2H]c1nc2c(c(N3CCOCC3)c1[2H])C(=O)N(CC([2H])([2H])c1nc3c([2H])c([2H])c([2H])c([2H])c3c([2H])c1[2H])C2([2H])[2H]. The summed E-state index contributed by atoms with van der Waals surface area (Å²) in [5.74, 6) is -0.980. The first-order valence-electron chi connectivity index (χ1n) is 14.6. The molecule has 1 aromatic carbocycles. The minimum Gasteiger partial charge on any atom is -0.378 e. The van der Waals surface area contributed by atoms with Crippen molar-refractivity contribution in [3.63, 3.8) is 0 Å². The molecule has 1 amide bonds. The lowest BCUT2D eigenvalue weighted by atomic mass is 10.1. The van der Waals surface area contributed by atoms with Gasteiger partial charge in [-0.25, -0.2) is 0 Å². The van der Waals surface area contributed by atoms with Crippen LogP contribution in [0.25, 0.3) is 10.9 Å². The number of para-hydroxylation sites is 1. The van der Waals surface area contributed by atoms with Gasteiger partial charge < -0.3 is 14.5 Å². The van der Waals surface area contributed by atoms with Gasteiger partial charge in [0.2, 0.25) is 0 Å². The zero-order valence-corrected chi connectivity index (χ0v) is 14.6. The van der Waals surface area contributed by atoms with Crippen LogP contribution in [0.15, 0.2) is 48.5 Å². The molecule has 0 radical (unpaired) electrons. The van der Waals surface area contributed by atoms with Crippen molar-refractivity contribution in [3.05, 3.63) is 65.4 Å². The van der Waals surface area contributed by atoms with E-state index >= 15 is 0 Å². The van der Waals surface area contributed by atoms with Gasteiger partial charge in [-0.3, -0.25) is 14.8 Å². The summed E-state index contributed by atoms with van der Waals surface area (Å²) in [6, 6.07) is -4.38. The molecule has 5 rings (SSSR count). The molecular weight excluding hydrogens is 352 g/mol. The molecule has 2 aliphatic rings. The second-order valence-electron chi connectivity index (χ2n) is 6.13. The van der Waals surface area contributed by atoms with Crippen LogP contribution >= 0.6 is 0 Å². The fraction of sp³-hybridized carbons (Fsp3) is 0.318. The van der Waals surface area contributed by atoms with Crippen LogP contribution in [0.5, 0.6) is 0 Å². The van der Waals surface area contributed by atoms with Crippen LogP contribution in [0.1, 0.15) is 38.2 Å². The maximum atomic E-state index is 13.7. The molecular formula is C22H22N4O2. The number of hydrogen-bond donors (Lipinski definition) is 0. The Morgan fingerprint density at radius 3 is 2.93 bits per heavy atom. The molecule has 6 heteroatoms. The Morgan fingerprint density at radius 1 is 1.18 bits per heavy atom. The molecule has 0 atom stereocenters. The maximum Gasteiger partial charge on any atom is 0.258 e. The summed E-state index contributed by atoms with van der Waals surface area (Å²) in [6.45, 7) is -2.59. The van der Waals surface area contributed by atoms with E-state index in [-0.39, 0.29) is 49.0 Å². The number of amides is 1. The second-order valence-corrected chi connectivity index (χ2v) is 6.13. The number of benzene rings is 1. The van der Waals surface area contributed by atoms with Crippen LogP contribution in [0, 0.1) is 0 Å². The third-order valence-corrected chi connectivity index (χ3v) is 4.44. The summed E-state index contributed by atoms with van der Waals surface area (Å²) in [7, 11) is 0. The van der Waals surface area contributed by atoms with E-state index in [9.17, 15) is 4.79 Å². The lowest BCUT2D eigenvalue weighted by Gasteiger charge is -2.30. The van der Waals surface area contributed by atoms with Crippen molar-refractivity contribution in [2.24, 2.45) is 0 Å². The van der Waals surface area contributed by atoms with Gasteiger partial charge in [0.15, 0.2) is 0 Å². The molecule has 2 aromatic heterocycles. The van der Waals surface area contributed by atoms with Crippen molar-refractivity contribution in [1.82, 2.24) is 14.9 Å². The molecule has 0 spiro atoms. The molecule has 1 saturated heterocycles. The minimum atomic E-state index is -2.77. The number of ether oxygens (including phenoxy) is 1. The highest BCUT2D eigenvalue weighted by atomic mass is 16.5. The average molecular weight is 387 g/mol. The van der Waals surface area contributed by atoms with E-state index in [1.165, 1.54) is 0 Å². The number of rotatable bonds is 4. The van der Waals surface area contributed by atoms with E-state index in [0.717, 1.165) is 0 Å². The quantitative estimate of drug-likeness (QED) is 0.690. The van der Waals surface area contributed by atoms with Crippen molar-refractivity contribution in [2.45, 2.75) is 12.9 Å². The summed E-state index contributed by atoms with van der Waals surface area (Å²) < 4.78 is 105. The van der Waals surface area contributed by atoms with Gasteiger partial charge in [0.05, 0.1) is 55.9 Å². The highest BCUT2D eigenvalue weighted by Crippen LogP contribution is 2.30. The normalized spacial score (nSPS) is 25.1. The minimum absolute atomic E-state index is 0.00434. The van der Waals surface area contributed by atoms with E-state index in [1.807, 2.05) is 0 Å². The molecule has 28 heavy (non-hydrogen) atoms. The number of nitrogens with zero attached hydrogens (tertiary/aromatic N) is 4. The Morgan fingerprint density at radius 2 is 2.04 bits per heavy atom. The van der Waals surface area contributed by atoms with Crippen LogP contribution in [-0.4, -0.2) is 53.6 Å². The van der Waals surface area contributed by atoms with Crippen molar-refractivity contribution in [2.75, 3.05) is 37.7 Å². The van der Waals surface area contributed by atoms with Crippen LogP contribution in [0.4, 0.5) is 5.69 Å². The molecule has 3 aromatic rings. The van der Waals surface area contributed by atoms with E-state index in [0.29, 0.717) is 4.90 Å². The van der Waals surface area contributed by atoms with Crippen LogP contribution in [0.2, 0.25) is 0 Å². The van der Waals surface area contributed by atoms with Crippen LogP contribution in [-0.2, 0) is 17.6 Å². The molecule has 1 fully saturated rings. The van der Waals surface area contributed by atoms with Gasteiger partial charge in [-0.05, 0) is 18.1 Å². The van der Waals surface area contributed by atoms with E-state index in [1.54, 1.807) is 4.90 Å². The highest BCUT2D eigenvalue weighted by Gasteiger charge is 2.32. The number of pyridine rings is 2. The smallest absolute Gasteiger partial charge is 0.258 e. The highest BCUT2D eigenvalue weighted by molar-refractivity contribution is 6.03. The van der Waals surface area contributed by atoms with Crippen molar-refractivity contribution in [3.8, 4) is 0 Å². The second kappa shape index (κ2) is 7.20. The molecule has 2 aliphatic heterocycles. The number of morpholine rings is 1. The first-order chi connectivity index (χ1) is 18.6.